The molecule has 0 heterocycles. The maximum atomic E-state index is 14.7. The van der Waals surface area contributed by atoms with Crippen LogP contribution in [0, 0.1) is 23.3 Å². The molecule has 0 aliphatic rings. The molecule has 0 unspecified atom stereocenters. The van der Waals surface area contributed by atoms with Crippen LogP contribution in [0.4, 0.5) is 17.6 Å². The normalized spacial score (nSPS) is 11.1. The van der Waals surface area contributed by atoms with E-state index in [1.165, 1.54) is 12.1 Å². The van der Waals surface area contributed by atoms with Crippen LogP contribution in [-0.4, -0.2) is 6.61 Å². The van der Waals surface area contributed by atoms with Gasteiger partial charge in [-0.1, -0.05) is 69.0 Å². The number of hydrogen-bond acceptors (Lipinski definition) is 1. The molecule has 0 N–H and O–H groups in total. The Morgan fingerprint density at radius 3 is 1.75 bits per heavy atom. The second-order valence-corrected chi connectivity index (χ2v) is 7.81. The summed E-state index contributed by atoms with van der Waals surface area (Å²) in [5.41, 5.74) is 1.49. The minimum absolute atomic E-state index is 0.0718. The predicted octanol–water partition coefficient (Wildman–Crippen LogP) is 8.49. The van der Waals surface area contributed by atoms with E-state index >= 15 is 0 Å². The molecule has 0 bridgehead atoms. The highest BCUT2D eigenvalue weighted by atomic mass is 19.2. The van der Waals surface area contributed by atoms with Crippen molar-refractivity contribution in [3.8, 4) is 28.0 Å². The number of rotatable bonds is 10. The molecule has 5 heteroatoms. The van der Waals surface area contributed by atoms with Gasteiger partial charge in [0.15, 0.2) is 23.2 Å². The molecule has 32 heavy (non-hydrogen) atoms. The Balaban J connectivity index is 1.79. The minimum Gasteiger partial charge on any atom is -0.491 e. The van der Waals surface area contributed by atoms with Crippen LogP contribution in [0.3, 0.4) is 0 Å². The van der Waals surface area contributed by atoms with Crippen LogP contribution in [-0.2, 0) is 6.42 Å². The maximum Gasteiger partial charge on any atom is 0.201 e. The van der Waals surface area contributed by atoms with Crippen molar-refractivity contribution in [1.82, 2.24) is 0 Å². The first-order valence-corrected chi connectivity index (χ1v) is 11.2. The van der Waals surface area contributed by atoms with Gasteiger partial charge in [-0.3, -0.25) is 0 Å². The van der Waals surface area contributed by atoms with E-state index in [0.29, 0.717) is 23.1 Å². The number of hydrogen-bond donors (Lipinski definition) is 0. The first kappa shape index (κ1) is 23.8. The Bertz CT molecular complexity index is 1040. The minimum atomic E-state index is -1.05. The molecule has 0 aromatic heterocycles. The fourth-order valence-corrected chi connectivity index (χ4v) is 3.78. The van der Waals surface area contributed by atoms with Crippen LogP contribution in [0.5, 0.6) is 5.75 Å². The number of aryl methyl sites for hydroxylation is 1. The summed E-state index contributed by atoms with van der Waals surface area (Å²) in [6, 6.07) is 12.3. The molecule has 0 fully saturated rings. The Morgan fingerprint density at radius 1 is 0.594 bits per heavy atom. The first-order valence-electron chi connectivity index (χ1n) is 11.2. The Kier molecular flexibility index (Phi) is 8.32. The molecule has 0 aliphatic heterocycles. The van der Waals surface area contributed by atoms with Gasteiger partial charge in [0.1, 0.15) is 0 Å². The molecule has 1 nitrogen and oxygen atoms in total. The van der Waals surface area contributed by atoms with E-state index in [1.807, 2.05) is 0 Å². The zero-order chi connectivity index (χ0) is 23.1. The van der Waals surface area contributed by atoms with Crippen LogP contribution in [0.15, 0.2) is 48.5 Å². The highest BCUT2D eigenvalue weighted by molar-refractivity contribution is 5.71. The van der Waals surface area contributed by atoms with Gasteiger partial charge in [-0.05, 0) is 48.6 Å². The van der Waals surface area contributed by atoms with Crippen molar-refractivity contribution in [2.24, 2.45) is 0 Å². The van der Waals surface area contributed by atoms with Crippen LogP contribution in [0.2, 0.25) is 0 Å². The van der Waals surface area contributed by atoms with Crippen LogP contribution in [0.25, 0.3) is 22.3 Å². The van der Waals surface area contributed by atoms with Crippen LogP contribution >= 0.6 is 0 Å². The fraction of sp³-hybridized carbons (Fsp3) is 0.333. The lowest BCUT2D eigenvalue weighted by molar-refractivity contribution is 0.314. The molecule has 0 radical (unpaired) electrons. The quantitative estimate of drug-likeness (QED) is 0.225. The van der Waals surface area contributed by atoms with Crippen molar-refractivity contribution in [2.75, 3.05) is 6.61 Å². The molecule has 3 aromatic carbocycles. The second-order valence-electron chi connectivity index (χ2n) is 7.81. The third kappa shape index (κ3) is 5.32. The summed E-state index contributed by atoms with van der Waals surface area (Å²) < 4.78 is 63.0. The first-order chi connectivity index (χ1) is 15.5. The average molecular weight is 445 g/mol. The zero-order valence-corrected chi connectivity index (χ0v) is 18.5. The van der Waals surface area contributed by atoms with Crippen LogP contribution < -0.4 is 4.74 Å². The van der Waals surface area contributed by atoms with Crippen molar-refractivity contribution < 1.29 is 22.3 Å². The van der Waals surface area contributed by atoms with Gasteiger partial charge >= 0.3 is 0 Å². The van der Waals surface area contributed by atoms with Gasteiger partial charge in [0.25, 0.3) is 0 Å². The Labute approximate surface area is 187 Å². The number of benzene rings is 3. The van der Waals surface area contributed by atoms with E-state index in [4.69, 9.17) is 4.74 Å². The summed E-state index contributed by atoms with van der Waals surface area (Å²) in [5, 5.41) is 0. The molecule has 0 saturated heterocycles. The highest BCUT2D eigenvalue weighted by Crippen LogP contribution is 2.33. The van der Waals surface area contributed by atoms with Crippen molar-refractivity contribution >= 4 is 0 Å². The standard InChI is InChI=1S/C27H28F4O/c1-3-5-6-7-8-9-20-14-15-21(25(29)24(20)28)18-10-12-19(13-11-18)22-16-17-23(32-4-2)27(31)26(22)30/h10-17H,3-9H2,1-2H3. The summed E-state index contributed by atoms with van der Waals surface area (Å²) in [7, 11) is 0. The number of unbranched alkanes of at least 4 members (excludes halogenated alkanes) is 4. The molecule has 0 amide bonds. The largest absolute Gasteiger partial charge is 0.491 e. The lowest BCUT2D eigenvalue weighted by atomic mass is 9.97. The average Bonchev–Trinajstić information content (AvgIpc) is 2.80. The molecular weight excluding hydrogens is 416 g/mol. The topological polar surface area (TPSA) is 9.23 Å². The predicted molar refractivity (Wildman–Crippen MR) is 121 cm³/mol. The van der Waals surface area contributed by atoms with Crippen LogP contribution in [0.1, 0.15) is 51.5 Å². The Morgan fingerprint density at radius 2 is 1.16 bits per heavy atom. The summed E-state index contributed by atoms with van der Waals surface area (Å²) >= 11 is 0. The summed E-state index contributed by atoms with van der Waals surface area (Å²) in [5.74, 6) is -3.91. The van der Waals surface area contributed by atoms with Gasteiger partial charge in [-0.15, -0.1) is 0 Å². The lowest BCUT2D eigenvalue weighted by Crippen LogP contribution is -1.99. The van der Waals surface area contributed by atoms with Gasteiger partial charge in [0.2, 0.25) is 5.82 Å². The van der Waals surface area contributed by atoms with Gasteiger partial charge in [0, 0.05) is 11.1 Å². The SMILES string of the molecule is CCCCCCCc1ccc(-c2ccc(-c3ccc(OCC)c(F)c3F)cc2)c(F)c1F. The van der Waals surface area contributed by atoms with Gasteiger partial charge in [-0.2, -0.15) is 4.39 Å². The number of halogens is 4. The second kappa shape index (κ2) is 11.2. The van der Waals surface area contributed by atoms with E-state index < -0.39 is 23.3 Å². The maximum absolute atomic E-state index is 14.7. The molecule has 0 aliphatic carbocycles. The molecule has 3 aromatic rings. The summed E-state index contributed by atoms with van der Waals surface area (Å²) in [6.07, 6.45) is 5.73. The van der Waals surface area contributed by atoms with E-state index in [0.717, 1.165) is 32.1 Å². The lowest BCUT2D eigenvalue weighted by Gasteiger charge is -2.11. The highest BCUT2D eigenvalue weighted by Gasteiger charge is 2.17. The van der Waals surface area contributed by atoms with Crippen molar-refractivity contribution in [2.45, 2.75) is 52.4 Å². The van der Waals surface area contributed by atoms with Gasteiger partial charge in [0.05, 0.1) is 6.61 Å². The molecular formula is C27H28F4O. The monoisotopic (exact) mass is 444 g/mol. The van der Waals surface area contributed by atoms with E-state index in [2.05, 4.69) is 6.92 Å². The Hall–Kier alpha value is -2.82. The zero-order valence-electron chi connectivity index (χ0n) is 18.5. The molecule has 0 spiro atoms. The molecule has 0 saturated carbocycles. The molecule has 170 valence electrons. The van der Waals surface area contributed by atoms with E-state index in [-0.39, 0.29) is 23.5 Å². The van der Waals surface area contributed by atoms with E-state index in [1.54, 1.807) is 43.3 Å². The van der Waals surface area contributed by atoms with E-state index in [9.17, 15) is 17.6 Å². The third-order valence-corrected chi connectivity index (χ3v) is 5.57. The fourth-order valence-electron chi connectivity index (χ4n) is 3.78. The summed E-state index contributed by atoms with van der Waals surface area (Å²) in [6.45, 7) is 4.05. The third-order valence-electron chi connectivity index (χ3n) is 5.57. The van der Waals surface area contributed by atoms with Crippen molar-refractivity contribution in [3.05, 3.63) is 77.4 Å². The molecule has 3 rings (SSSR count). The van der Waals surface area contributed by atoms with Gasteiger partial charge in [-0.25, -0.2) is 13.2 Å². The summed E-state index contributed by atoms with van der Waals surface area (Å²) in [4.78, 5) is 0. The van der Waals surface area contributed by atoms with Crippen molar-refractivity contribution in [1.29, 1.82) is 0 Å². The molecule has 0 atom stereocenters. The van der Waals surface area contributed by atoms with Gasteiger partial charge < -0.3 is 4.74 Å². The smallest absolute Gasteiger partial charge is 0.201 e. The van der Waals surface area contributed by atoms with Crippen molar-refractivity contribution in [3.63, 3.8) is 0 Å². The number of ether oxygens (including phenoxy) is 1.